The Hall–Kier alpha value is -2.85. The third kappa shape index (κ3) is 39.2. The van der Waals surface area contributed by atoms with E-state index in [0.717, 1.165) is 77.0 Å². The van der Waals surface area contributed by atoms with E-state index in [1.165, 1.54) is 0 Å². The molecule has 2 unspecified atom stereocenters. The molecule has 1 N–H and O–H groups in total. The molecule has 0 aliphatic heterocycles. The lowest BCUT2D eigenvalue weighted by Crippen LogP contribution is -2.37. The maximum atomic E-state index is 12.6. The Balaban J connectivity index is 4.56. The smallest absolute Gasteiger partial charge is 0.306 e. The van der Waals surface area contributed by atoms with Gasteiger partial charge in [0, 0.05) is 12.8 Å². The van der Waals surface area contributed by atoms with Gasteiger partial charge < -0.3 is 33.0 Å². The number of aliphatic hydroxyl groups is 1. The number of rotatable bonds is 35. The van der Waals surface area contributed by atoms with Crippen LogP contribution in [0, 0.1) is 0 Å². The Kier molecular flexibility index (Phi) is 33.7. The molecule has 0 radical (unpaired) electrons. The average Bonchev–Trinajstić information content (AvgIpc) is 3.12. The zero-order valence-electron chi connectivity index (χ0n) is 34.7. The van der Waals surface area contributed by atoms with Crippen molar-refractivity contribution >= 4 is 19.8 Å². The SMILES string of the molecule is CC/C=C\C/C=C\C/C=C\C/C=C\CCCCC(=O)O[C@H](COC(=O)CCCCCCC/C=C/C=C/C(O)C/C=C/CC)COP(=O)([O-])OCC[N+](C)(C)C. The Morgan fingerprint density at radius 2 is 1.22 bits per heavy atom. The topological polar surface area (TPSA) is 131 Å². The van der Waals surface area contributed by atoms with Crippen LogP contribution < -0.4 is 4.89 Å². The second kappa shape index (κ2) is 35.6. The van der Waals surface area contributed by atoms with E-state index in [1.807, 2.05) is 45.4 Å². The molecule has 0 aromatic heterocycles. The summed E-state index contributed by atoms with van der Waals surface area (Å²) < 4.78 is 33.7. The van der Waals surface area contributed by atoms with Gasteiger partial charge in [0.05, 0.1) is 33.9 Å². The molecule has 0 saturated carbocycles. The van der Waals surface area contributed by atoms with Crippen molar-refractivity contribution in [1.29, 1.82) is 0 Å². The Labute approximate surface area is 333 Å². The van der Waals surface area contributed by atoms with E-state index in [9.17, 15) is 24.2 Å². The minimum absolute atomic E-state index is 0.0561. The molecule has 3 atom stereocenters. The zero-order valence-corrected chi connectivity index (χ0v) is 35.6. The molecular weight excluding hydrogens is 717 g/mol. The van der Waals surface area contributed by atoms with Crippen molar-refractivity contribution < 1.29 is 47.2 Å². The summed E-state index contributed by atoms with van der Waals surface area (Å²) in [7, 11) is 1.08. The van der Waals surface area contributed by atoms with Gasteiger partial charge in [-0.25, -0.2) is 0 Å². The number of quaternary nitrogens is 1. The van der Waals surface area contributed by atoms with Gasteiger partial charge in [-0.1, -0.05) is 118 Å². The first-order chi connectivity index (χ1) is 26.4. The van der Waals surface area contributed by atoms with Crippen LogP contribution in [0.1, 0.15) is 123 Å². The Bertz CT molecular complexity index is 1230. The molecule has 10 nitrogen and oxygen atoms in total. The number of aliphatic hydroxyl groups excluding tert-OH is 1. The second-order valence-electron chi connectivity index (χ2n) is 14.4. The first-order valence-corrected chi connectivity index (χ1v) is 21.9. The van der Waals surface area contributed by atoms with E-state index in [1.54, 1.807) is 6.08 Å². The minimum Gasteiger partial charge on any atom is -0.756 e. The number of hydrogen-bond acceptors (Lipinski definition) is 9. The van der Waals surface area contributed by atoms with Gasteiger partial charge in [0.1, 0.15) is 19.8 Å². The highest BCUT2D eigenvalue weighted by atomic mass is 31.2. The number of carbonyl (C=O) groups excluding carboxylic acids is 2. The molecule has 0 fully saturated rings. The van der Waals surface area contributed by atoms with Crippen LogP contribution in [0.5, 0.6) is 0 Å². The molecule has 0 spiro atoms. The number of nitrogens with zero attached hydrogens (tertiary/aromatic N) is 1. The summed E-state index contributed by atoms with van der Waals surface area (Å²) in [5.74, 6) is -0.949. The lowest BCUT2D eigenvalue weighted by Gasteiger charge is -2.28. The van der Waals surface area contributed by atoms with E-state index in [-0.39, 0.29) is 26.1 Å². The fourth-order valence-electron chi connectivity index (χ4n) is 4.80. The number of phosphoric ester groups is 1. The molecule has 0 bridgehead atoms. The van der Waals surface area contributed by atoms with Crippen molar-refractivity contribution in [3.8, 4) is 0 Å². The lowest BCUT2D eigenvalue weighted by molar-refractivity contribution is -0.870. The first-order valence-electron chi connectivity index (χ1n) is 20.4. The molecule has 0 aliphatic rings. The molecule has 0 amide bonds. The Morgan fingerprint density at radius 1 is 0.673 bits per heavy atom. The summed E-state index contributed by atoms with van der Waals surface area (Å²) in [6.07, 6.45) is 40.9. The van der Waals surface area contributed by atoms with E-state index in [2.05, 4.69) is 68.5 Å². The number of allylic oxidation sites excluding steroid dienone is 12. The standard InChI is InChI=1S/C44H74NO9P/c1-6-8-10-11-12-13-14-15-16-17-18-21-25-28-32-36-44(48)54-42(40-53-55(49,50)52-38-37-45(3,4)5)39-51-43(47)35-31-27-24-22-19-20-23-26-30-34-41(46)33-29-9-7-2/h8-10,12-13,15-16,18,21,23,26,29-30,34,41-42,46H,6-7,11,14,17,19-20,22,24-25,27-28,31-33,35-40H2,1-5H3/b10-8-,13-12-,16-15-,21-18-,26-23+,29-9+,34-30+/t41?,42-/m1/s1. The van der Waals surface area contributed by atoms with Crippen LogP contribution in [0.15, 0.2) is 85.1 Å². The van der Waals surface area contributed by atoms with Crippen molar-refractivity contribution in [2.24, 2.45) is 0 Å². The van der Waals surface area contributed by atoms with Crippen LogP contribution in [0.3, 0.4) is 0 Å². The van der Waals surface area contributed by atoms with Gasteiger partial charge in [0.15, 0.2) is 6.10 Å². The van der Waals surface area contributed by atoms with Gasteiger partial charge in [-0.3, -0.25) is 14.2 Å². The fourth-order valence-corrected chi connectivity index (χ4v) is 5.52. The van der Waals surface area contributed by atoms with Crippen molar-refractivity contribution in [3.63, 3.8) is 0 Å². The molecule has 0 heterocycles. The quantitative estimate of drug-likeness (QED) is 0.0167. The van der Waals surface area contributed by atoms with Crippen molar-refractivity contribution in [2.75, 3.05) is 47.5 Å². The molecule has 0 saturated heterocycles. The molecule has 314 valence electrons. The molecule has 55 heavy (non-hydrogen) atoms. The molecular formula is C44H74NO9P. The normalized spacial score (nSPS) is 15.1. The van der Waals surface area contributed by atoms with Crippen LogP contribution in [-0.4, -0.2) is 81.2 Å². The highest BCUT2D eigenvalue weighted by Crippen LogP contribution is 2.38. The van der Waals surface area contributed by atoms with Gasteiger partial charge in [0.2, 0.25) is 0 Å². The predicted octanol–water partition coefficient (Wildman–Crippen LogP) is 9.58. The fraction of sp³-hybridized carbons (Fsp3) is 0.636. The minimum atomic E-state index is -4.66. The highest BCUT2D eigenvalue weighted by Gasteiger charge is 2.21. The van der Waals surface area contributed by atoms with E-state index >= 15 is 0 Å². The van der Waals surface area contributed by atoms with Gasteiger partial charge in [-0.05, 0) is 77.0 Å². The molecule has 0 aromatic rings. The largest absolute Gasteiger partial charge is 0.756 e. The maximum absolute atomic E-state index is 12.6. The molecule has 0 aromatic carbocycles. The number of unbranched alkanes of at least 4 members (excludes halogenated alkanes) is 7. The summed E-state index contributed by atoms with van der Waals surface area (Å²) in [4.78, 5) is 37.4. The van der Waals surface area contributed by atoms with Crippen LogP contribution in [0.2, 0.25) is 0 Å². The van der Waals surface area contributed by atoms with E-state index in [4.69, 9.17) is 18.5 Å². The highest BCUT2D eigenvalue weighted by molar-refractivity contribution is 7.45. The van der Waals surface area contributed by atoms with Crippen LogP contribution in [0.25, 0.3) is 0 Å². The van der Waals surface area contributed by atoms with Crippen molar-refractivity contribution in [1.82, 2.24) is 0 Å². The van der Waals surface area contributed by atoms with Gasteiger partial charge in [-0.2, -0.15) is 0 Å². The number of ether oxygens (including phenoxy) is 2. The predicted molar refractivity (Wildman–Crippen MR) is 223 cm³/mol. The molecule has 0 rings (SSSR count). The number of likely N-dealkylation sites (N-methyl/N-ethyl adjacent to an activating group) is 1. The number of carbonyl (C=O) groups is 2. The lowest BCUT2D eigenvalue weighted by atomic mass is 10.1. The molecule has 0 aliphatic carbocycles. The van der Waals surface area contributed by atoms with Crippen LogP contribution in [0.4, 0.5) is 0 Å². The molecule has 11 heteroatoms. The van der Waals surface area contributed by atoms with Crippen molar-refractivity contribution in [2.45, 2.75) is 135 Å². The second-order valence-corrected chi connectivity index (χ2v) is 15.8. The van der Waals surface area contributed by atoms with Gasteiger partial charge in [0.25, 0.3) is 7.82 Å². The number of esters is 2. The first kappa shape index (κ1) is 52.2. The van der Waals surface area contributed by atoms with E-state index < -0.39 is 38.6 Å². The van der Waals surface area contributed by atoms with E-state index in [0.29, 0.717) is 30.3 Å². The van der Waals surface area contributed by atoms with Gasteiger partial charge >= 0.3 is 11.9 Å². The van der Waals surface area contributed by atoms with Crippen LogP contribution >= 0.6 is 7.82 Å². The zero-order chi connectivity index (χ0) is 40.9. The van der Waals surface area contributed by atoms with Crippen LogP contribution in [-0.2, 0) is 32.7 Å². The number of hydrogen-bond donors (Lipinski definition) is 1. The third-order valence-corrected chi connectivity index (χ3v) is 8.96. The van der Waals surface area contributed by atoms with Gasteiger partial charge in [-0.15, -0.1) is 0 Å². The summed E-state index contributed by atoms with van der Waals surface area (Å²) in [5, 5.41) is 9.87. The summed E-state index contributed by atoms with van der Waals surface area (Å²) in [6.45, 7) is 3.77. The summed E-state index contributed by atoms with van der Waals surface area (Å²) in [5.41, 5.74) is 0. The summed E-state index contributed by atoms with van der Waals surface area (Å²) in [6, 6.07) is 0. The average molecular weight is 792 g/mol. The third-order valence-electron chi connectivity index (χ3n) is 7.99. The monoisotopic (exact) mass is 792 g/mol. The maximum Gasteiger partial charge on any atom is 0.306 e. The van der Waals surface area contributed by atoms with Crippen molar-refractivity contribution in [3.05, 3.63) is 85.1 Å². The summed E-state index contributed by atoms with van der Waals surface area (Å²) >= 11 is 0. The number of phosphoric acid groups is 1. The Morgan fingerprint density at radius 3 is 1.89 bits per heavy atom.